The molecule has 0 aliphatic rings. The first kappa shape index (κ1) is 17.0. The fourth-order valence-corrected chi connectivity index (χ4v) is 1.36. The minimum absolute atomic E-state index is 0. The monoisotopic (exact) mass is 285 g/mol. The lowest BCUT2D eigenvalue weighted by Crippen LogP contribution is -2.38. The molecule has 0 aliphatic heterocycles. The van der Waals surface area contributed by atoms with Gasteiger partial charge < -0.3 is 15.6 Å². The predicted molar refractivity (Wildman–Crippen MR) is 63.8 cm³/mol. The van der Waals surface area contributed by atoms with Crippen LogP contribution in [-0.2, 0) is 0 Å². The van der Waals surface area contributed by atoms with Crippen molar-refractivity contribution in [2.24, 2.45) is 5.73 Å². The first-order valence-corrected chi connectivity index (χ1v) is 4.99. The molecule has 0 saturated heterocycles. The van der Waals surface area contributed by atoms with Gasteiger partial charge in [0.2, 0.25) is 0 Å². The molecule has 0 amide bonds. The molecule has 7 heteroatoms. The first-order valence-electron chi connectivity index (χ1n) is 4.99. The Balaban J connectivity index is 0.00000289. The highest BCUT2D eigenvalue weighted by atomic mass is 35.5. The van der Waals surface area contributed by atoms with Crippen molar-refractivity contribution < 1.29 is 23.0 Å². The van der Waals surface area contributed by atoms with Crippen LogP contribution in [0.3, 0.4) is 0 Å². The molecule has 0 aliphatic carbocycles. The third-order valence-corrected chi connectivity index (χ3v) is 2.38. The molecule has 18 heavy (non-hydrogen) atoms. The minimum Gasteiger partial charge on any atom is -0.497 e. The molecule has 0 radical (unpaired) electrons. The maximum atomic E-state index is 12.2. The van der Waals surface area contributed by atoms with Crippen molar-refractivity contribution in [2.75, 3.05) is 7.11 Å². The fraction of sp³-hybridized carbons (Fsp3) is 0.455. The number of hydrogen-bond donors (Lipinski definition) is 2. The quantitative estimate of drug-likeness (QED) is 0.893. The van der Waals surface area contributed by atoms with Gasteiger partial charge in [0.25, 0.3) is 0 Å². The van der Waals surface area contributed by atoms with Crippen LogP contribution in [0, 0.1) is 0 Å². The second kappa shape index (κ2) is 6.82. The van der Waals surface area contributed by atoms with E-state index >= 15 is 0 Å². The van der Waals surface area contributed by atoms with Crippen molar-refractivity contribution in [1.29, 1.82) is 0 Å². The first-order chi connectivity index (χ1) is 7.84. The highest BCUT2D eigenvalue weighted by Gasteiger charge is 2.37. The van der Waals surface area contributed by atoms with Gasteiger partial charge in [-0.15, -0.1) is 12.4 Å². The number of aliphatic hydroxyl groups is 1. The Bertz CT molecular complexity index is 374. The Morgan fingerprint density at radius 1 is 1.39 bits per heavy atom. The van der Waals surface area contributed by atoms with Gasteiger partial charge in [0.1, 0.15) is 11.8 Å². The normalized spacial score (nSPS) is 14.6. The topological polar surface area (TPSA) is 55.5 Å². The average molecular weight is 286 g/mol. The number of rotatable bonds is 4. The van der Waals surface area contributed by atoms with Crippen molar-refractivity contribution in [1.82, 2.24) is 0 Å². The number of hydrogen-bond acceptors (Lipinski definition) is 3. The molecule has 2 atom stereocenters. The van der Waals surface area contributed by atoms with Crippen LogP contribution in [0.4, 0.5) is 13.2 Å². The second-order valence-corrected chi connectivity index (χ2v) is 3.68. The fourth-order valence-electron chi connectivity index (χ4n) is 1.36. The zero-order valence-electron chi connectivity index (χ0n) is 9.65. The Kier molecular flexibility index (Phi) is 6.45. The molecule has 0 saturated carbocycles. The van der Waals surface area contributed by atoms with Crippen LogP contribution in [0.5, 0.6) is 5.75 Å². The smallest absolute Gasteiger partial charge is 0.403 e. The van der Waals surface area contributed by atoms with Gasteiger partial charge >= 0.3 is 6.18 Å². The standard InChI is InChI=1S/C11H14F3NO2.ClH/c1-17-8-4-2-3-7(5-8)9(16)6-10(15)11(12,13)14;/h2-5,9-10,16H,6,15H2,1H3;1H/t9-,10-;/m1./s1. The molecule has 0 bridgehead atoms. The van der Waals surface area contributed by atoms with E-state index in [0.29, 0.717) is 11.3 Å². The van der Waals surface area contributed by atoms with Crippen LogP contribution in [0.2, 0.25) is 0 Å². The third-order valence-electron chi connectivity index (χ3n) is 2.38. The maximum Gasteiger partial charge on any atom is 0.403 e. The predicted octanol–water partition coefficient (Wildman–Crippen LogP) is 2.43. The molecule has 0 fully saturated rings. The molecule has 3 nitrogen and oxygen atoms in total. The minimum atomic E-state index is -4.50. The highest BCUT2D eigenvalue weighted by Crippen LogP contribution is 2.28. The molecular weight excluding hydrogens is 271 g/mol. The molecule has 0 unspecified atom stereocenters. The van der Waals surface area contributed by atoms with Crippen molar-refractivity contribution in [3.63, 3.8) is 0 Å². The van der Waals surface area contributed by atoms with Crippen molar-refractivity contribution in [3.8, 4) is 5.75 Å². The number of alkyl halides is 3. The lowest BCUT2D eigenvalue weighted by molar-refractivity contribution is -0.153. The Hall–Kier alpha value is -0.980. The van der Waals surface area contributed by atoms with Crippen LogP contribution >= 0.6 is 12.4 Å². The zero-order chi connectivity index (χ0) is 13.1. The zero-order valence-corrected chi connectivity index (χ0v) is 10.5. The van der Waals surface area contributed by atoms with E-state index in [1.54, 1.807) is 12.1 Å². The van der Waals surface area contributed by atoms with Crippen molar-refractivity contribution >= 4 is 12.4 Å². The molecule has 1 aromatic rings. The van der Waals surface area contributed by atoms with E-state index in [1.165, 1.54) is 19.2 Å². The highest BCUT2D eigenvalue weighted by molar-refractivity contribution is 5.85. The summed E-state index contributed by atoms with van der Waals surface area (Å²) in [5, 5.41) is 9.64. The van der Waals surface area contributed by atoms with Crippen molar-refractivity contribution in [2.45, 2.75) is 24.7 Å². The SMILES string of the molecule is COc1cccc([C@H](O)C[C@@H](N)C(F)(F)F)c1.Cl. The summed E-state index contributed by atoms with van der Waals surface area (Å²) in [6, 6.07) is 4.20. The van der Waals surface area contributed by atoms with Crippen LogP contribution in [0.25, 0.3) is 0 Å². The molecule has 1 aromatic carbocycles. The lowest BCUT2D eigenvalue weighted by atomic mass is 10.0. The summed E-state index contributed by atoms with van der Waals surface area (Å²) < 4.78 is 41.5. The van der Waals surface area contributed by atoms with E-state index in [4.69, 9.17) is 10.5 Å². The van der Waals surface area contributed by atoms with Crippen LogP contribution in [-0.4, -0.2) is 24.4 Å². The molecule has 0 aromatic heterocycles. The number of nitrogens with two attached hydrogens (primary N) is 1. The van der Waals surface area contributed by atoms with E-state index in [-0.39, 0.29) is 12.4 Å². The van der Waals surface area contributed by atoms with Gasteiger partial charge in [-0.3, -0.25) is 0 Å². The molecule has 104 valence electrons. The van der Waals surface area contributed by atoms with Gasteiger partial charge in [0.15, 0.2) is 0 Å². The van der Waals surface area contributed by atoms with Gasteiger partial charge in [-0.25, -0.2) is 0 Å². The molecule has 0 spiro atoms. The number of aliphatic hydroxyl groups excluding tert-OH is 1. The van der Waals surface area contributed by atoms with Gasteiger partial charge in [-0.1, -0.05) is 12.1 Å². The Morgan fingerprint density at radius 3 is 2.50 bits per heavy atom. The molecule has 3 N–H and O–H groups in total. The molecular formula is C11H15ClF3NO2. The van der Waals surface area contributed by atoms with Gasteiger partial charge in [-0.2, -0.15) is 13.2 Å². The third kappa shape index (κ3) is 4.72. The summed E-state index contributed by atoms with van der Waals surface area (Å²) in [6.07, 6.45) is -6.34. The van der Waals surface area contributed by atoms with Crippen molar-refractivity contribution in [3.05, 3.63) is 29.8 Å². The summed E-state index contributed by atoms with van der Waals surface area (Å²) in [6.45, 7) is 0. The summed E-state index contributed by atoms with van der Waals surface area (Å²) in [7, 11) is 1.44. The van der Waals surface area contributed by atoms with Crippen LogP contribution in [0.1, 0.15) is 18.1 Å². The number of halogens is 4. The van der Waals surface area contributed by atoms with E-state index in [9.17, 15) is 18.3 Å². The van der Waals surface area contributed by atoms with Gasteiger partial charge in [0, 0.05) is 6.42 Å². The Labute approximate surface area is 109 Å². The summed E-state index contributed by atoms with van der Waals surface area (Å²) >= 11 is 0. The van der Waals surface area contributed by atoms with Gasteiger partial charge in [0.05, 0.1) is 13.2 Å². The number of benzene rings is 1. The van der Waals surface area contributed by atoms with Gasteiger partial charge in [-0.05, 0) is 17.7 Å². The molecule has 1 rings (SSSR count). The van der Waals surface area contributed by atoms with Crippen LogP contribution < -0.4 is 10.5 Å². The summed E-state index contributed by atoms with van der Waals surface area (Å²) in [5.41, 5.74) is 5.29. The Morgan fingerprint density at radius 2 is 2.00 bits per heavy atom. The van der Waals surface area contributed by atoms with E-state index in [2.05, 4.69) is 0 Å². The lowest BCUT2D eigenvalue weighted by Gasteiger charge is -2.19. The summed E-state index contributed by atoms with van der Waals surface area (Å²) in [4.78, 5) is 0. The molecule has 0 heterocycles. The maximum absolute atomic E-state index is 12.2. The van der Waals surface area contributed by atoms with Crippen LogP contribution in [0.15, 0.2) is 24.3 Å². The number of ether oxygens (including phenoxy) is 1. The average Bonchev–Trinajstić information content (AvgIpc) is 2.27. The summed E-state index contributed by atoms with van der Waals surface area (Å²) in [5.74, 6) is 0.474. The van der Waals surface area contributed by atoms with E-state index in [1.807, 2.05) is 0 Å². The number of methoxy groups -OCH3 is 1. The van der Waals surface area contributed by atoms with E-state index < -0.39 is 24.7 Å². The second-order valence-electron chi connectivity index (χ2n) is 3.68. The van der Waals surface area contributed by atoms with E-state index in [0.717, 1.165) is 0 Å². The largest absolute Gasteiger partial charge is 0.497 e.